The molecule has 0 aliphatic carbocycles. The summed E-state index contributed by atoms with van der Waals surface area (Å²) in [4.78, 5) is 0. The van der Waals surface area contributed by atoms with Gasteiger partial charge in [-0.3, -0.25) is 0 Å². The predicted molar refractivity (Wildman–Crippen MR) is 55.6 cm³/mol. The van der Waals surface area contributed by atoms with Crippen molar-refractivity contribution in [2.24, 2.45) is 11.7 Å². The standard InChI is InChI=1S/C11H23NO/c1-9(6-4-3-5-7-12)8-11-10(2)13-11/h9-11H,3-8,12H2,1-2H3. The fourth-order valence-corrected chi connectivity index (χ4v) is 1.81. The first-order chi connectivity index (χ1) is 6.24. The maximum Gasteiger partial charge on any atom is 0.0841 e. The van der Waals surface area contributed by atoms with Crippen molar-refractivity contribution in [2.75, 3.05) is 6.54 Å². The molecule has 2 N–H and O–H groups in total. The first-order valence-corrected chi connectivity index (χ1v) is 5.59. The maximum absolute atomic E-state index is 5.43. The smallest absolute Gasteiger partial charge is 0.0841 e. The Morgan fingerprint density at radius 1 is 1.31 bits per heavy atom. The van der Waals surface area contributed by atoms with Crippen molar-refractivity contribution in [3.63, 3.8) is 0 Å². The fraction of sp³-hybridized carbons (Fsp3) is 1.00. The Balaban J connectivity index is 1.89. The Morgan fingerprint density at radius 2 is 2.00 bits per heavy atom. The van der Waals surface area contributed by atoms with Crippen molar-refractivity contribution in [3.8, 4) is 0 Å². The fourth-order valence-electron chi connectivity index (χ4n) is 1.81. The molecule has 0 aromatic heterocycles. The Labute approximate surface area is 81.8 Å². The third kappa shape index (κ3) is 4.63. The van der Waals surface area contributed by atoms with E-state index in [9.17, 15) is 0 Å². The molecule has 2 nitrogen and oxygen atoms in total. The minimum absolute atomic E-state index is 0.534. The van der Waals surface area contributed by atoms with Crippen LogP contribution in [0.3, 0.4) is 0 Å². The second-order valence-electron chi connectivity index (χ2n) is 4.36. The Morgan fingerprint density at radius 3 is 2.54 bits per heavy atom. The minimum Gasteiger partial charge on any atom is -0.370 e. The number of hydrogen-bond acceptors (Lipinski definition) is 2. The van der Waals surface area contributed by atoms with E-state index in [0.29, 0.717) is 12.2 Å². The summed E-state index contributed by atoms with van der Waals surface area (Å²) in [6.07, 6.45) is 7.51. The van der Waals surface area contributed by atoms with E-state index in [1.807, 2.05) is 0 Å². The predicted octanol–water partition coefficient (Wildman–Crippen LogP) is 2.32. The molecule has 1 aliphatic rings. The zero-order chi connectivity index (χ0) is 9.68. The SMILES string of the molecule is CC(CCCCCN)CC1OC1C. The molecule has 2 heteroatoms. The zero-order valence-corrected chi connectivity index (χ0v) is 8.96. The van der Waals surface area contributed by atoms with Gasteiger partial charge in [0, 0.05) is 0 Å². The quantitative estimate of drug-likeness (QED) is 0.488. The average molecular weight is 185 g/mol. The Hall–Kier alpha value is -0.0800. The summed E-state index contributed by atoms with van der Waals surface area (Å²) in [7, 11) is 0. The molecule has 3 atom stereocenters. The van der Waals surface area contributed by atoms with E-state index in [-0.39, 0.29) is 0 Å². The van der Waals surface area contributed by atoms with Gasteiger partial charge in [-0.15, -0.1) is 0 Å². The van der Waals surface area contributed by atoms with Crippen LogP contribution in [-0.4, -0.2) is 18.8 Å². The lowest BCUT2D eigenvalue weighted by Gasteiger charge is -2.08. The lowest BCUT2D eigenvalue weighted by molar-refractivity contribution is 0.336. The second kappa shape index (κ2) is 5.61. The summed E-state index contributed by atoms with van der Waals surface area (Å²) >= 11 is 0. The molecule has 1 rings (SSSR count). The van der Waals surface area contributed by atoms with Crippen LogP contribution >= 0.6 is 0 Å². The van der Waals surface area contributed by atoms with Gasteiger partial charge in [0.15, 0.2) is 0 Å². The molecule has 78 valence electrons. The van der Waals surface area contributed by atoms with Gasteiger partial charge in [0.05, 0.1) is 12.2 Å². The van der Waals surface area contributed by atoms with Crippen LogP contribution in [0.2, 0.25) is 0 Å². The van der Waals surface area contributed by atoms with E-state index in [1.165, 1.54) is 32.1 Å². The van der Waals surface area contributed by atoms with E-state index < -0.39 is 0 Å². The van der Waals surface area contributed by atoms with Crippen LogP contribution < -0.4 is 5.73 Å². The molecule has 1 saturated heterocycles. The molecule has 1 heterocycles. The van der Waals surface area contributed by atoms with Crippen molar-refractivity contribution in [1.82, 2.24) is 0 Å². The molecule has 0 amide bonds. The van der Waals surface area contributed by atoms with Crippen molar-refractivity contribution >= 4 is 0 Å². The van der Waals surface area contributed by atoms with E-state index in [0.717, 1.165) is 12.5 Å². The van der Waals surface area contributed by atoms with E-state index in [4.69, 9.17) is 10.5 Å². The van der Waals surface area contributed by atoms with Crippen molar-refractivity contribution in [1.29, 1.82) is 0 Å². The zero-order valence-electron chi connectivity index (χ0n) is 8.96. The molecule has 0 spiro atoms. The monoisotopic (exact) mass is 185 g/mol. The van der Waals surface area contributed by atoms with E-state index in [2.05, 4.69) is 13.8 Å². The van der Waals surface area contributed by atoms with Gasteiger partial charge in [-0.05, 0) is 32.2 Å². The third-order valence-corrected chi connectivity index (χ3v) is 2.87. The first-order valence-electron chi connectivity index (χ1n) is 5.59. The Kier molecular flexibility index (Phi) is 4.74. The first kappa shape index (κ1) is 11.0. The van der Waals surface area contributed by atoms with Crippen LogP contribution in [-0.2, 0) is 4.74 Å². The molecular weight excluding hydrogens is 162 g/mol. The number of rotatable bonds is 7. The molecular formula is C11H23NO. The average Bonchev–Trinajstić information content (AvgIpc) is 2.76. The molecule has 0 aromatic carbocycles. The van der Waals surface area contributed by atoms with Gasteiger partial charge in [-0.25, -0.2) is 0 Å². The Bertz CT molecular complexity index is 138. The third-order valence-electron chi connectivity index (χ3n) is 2.87. The van der Waals surface area contributed by atoms with Gasteiger partial charge in [0.2, 0.25) is 0 Å². The van der Waals surface area contributed by atoms with Crippen LogP contribution in [0.15, 0.2) is 0 Å². The van der Waals surface area contributed by atoms with E-state index >= 15 is 0 Å². The van der Waals surface area contributed by atoms with Gasteiger partial charge in [0.1, 0.15) is 0 Å². The maximum atomic E-state index is 5.43. The highest BCUT2D eigenvalue weighted by Crippen LogP contribution is 2.29. The van der Waals surface area contributed by atoms with Crippen LogP contribution in [0.5, 0.6) is 0 Å². The lowest BCUT2D eigenvalue weighted by atomic mass is 9.97. The van der Waals surface area contributed by atoms with Crippen molar-refractivity contribution in [3.05, 3.63) is 0 Å². The number of nitrogens with two attached hydrogens (primary N) is 1. The number of hydrogen-bond donors (Lipinski definition) is 1. The second-order valence-corrected chi connectivity index (χ2v) is 4.36. The van der Waals surface area contributed by atoms with Crippen LogP contribution in [0.4, 0.5) is 0 Å². The summed E-state index contributed by atoms with van der Waals surface area (Å²) in [5.41, 5.74) is 5.43. The summed E-state index contributed by atoms with van der Waals surface area (Å²) in [5.74, 6) is 0.827. The molecule has 3 unspecified atom stereocenters. The van der Waals surface area contributed by atoms with Gasteiger partial charge in [-0.2, -0.15) is 0 Å². The summed E-state index contributed by atoms with van der Waals surface area (Å²) in [6.45, 7) is 5.33. The molecule has 1 aliphatic heterocycles. The topological polar surface area (TPSA) is 38.5 Å². The number of unbranched alkanes of at least 4 members (excludes halogenated alkanes) is 2. The number of epoxide rings is 1. The van der Waals surface area contributed by atoms with Gasteiger partial charge in [-0.1, -0.05) is 26.2 Å². The van der Waals surface area contributed by atoms with Crippen molar-refractivity contribution in [2.45, 2.75) is 58.2 Å². The number of ether oxygens (including phenoxy) is 1. The van der Waals surface area contributed by atoms with Crippen LogP contribution in [0.25, 0.3) is 0 Å². The highest BCUT2D eigenvalue weighted by molar-refractivity contribution is 4.81. The highest BCUT2D eigenvalue weighted by atomic mass is 16.6. The van der Waals surface area contributed by atoms with Crippen molar-refractivity contribution < 1.29 is 4.74 Å². The molecule has 0 radical (unpaired) electrons. The minimum atomic E-state index is 0.534. The molecule has 0 saturated carbocycles. The van der Waals surface area contributed by atoms with Gasteiger partial charge in [0.25, 0.3) is 0 Å². The van der Waals surface area contributed by atoms with Gasteiger partial charge >= 0.3 is 0 Å². The largest absolute Gasteiger partial charge is 0.370 e. The molecule has 0 aromatic rings. The molecule has 0 bridgehead atoms. The summed E-state index contributed by atoms with van der Waals surface area (Å²) in [5, 5.41) is 0. The molecule has 13 heavy (non-hydrogen) atoms. The summed E-state index contributed by atoms with van der Waals surface area (Å²) in [6, 6.07) is 0. The molecule has 1 fully saturated rings. The highest BCUT2D eigenvalue weighted by Gasteiger charge is 2.34. The van der Waals surface area contributed by atoms with Gasteiger partial charge < -0.3 is 10.5 Å². The normalized spacial score (nSPS) is 28.8. The van der Waals surface area contributed by atoms with Crippen LogP contribution in [0, 0.1) is 5.92 Å². The lowest BCUT2D eigenvalue weighted by Crippen LogP contribution is -2.02. The summed E-state index contributed by atoms with van der Waals surface area (Å²) < 4.78 is 5.39. The van der Waals surface area contributed by atoms with E-state index in [1.54, 1.807) is 0 Å². The van der Waals surface area contributed by atoms with Crippen LogP contribution in [0.1, 0.15) is 46.0 Å².